The predicted molar refractivity (Wildman–Crippen MR) is 63.1 cm³/mol. The molecule has 0 heterocycles. The van der Waals surface area contributed by atoms with Crippen LogP contribution < -0.4 is 0 Å². The molecule has 0 fully saturated rings. The van der Waals surface area contributed by atoms with Gasteiger partial charge >= 0.3 is 0 Å². The van der Waals surface area contributed by atoms with E-state index in [1.165, 1.54) is 4.90 Å². The molecule has 14 heavy (non-hydrogen) atoms. The number of halogens is 1. The summed E-state index contributed by atoms with van der Waals surface area (Å²) in [5.41, 5.74) is 0.219. The molecule has 0 aromatic heterocycles. The lowest BCUT2D eigenvalue weighted by molar-refractivity contribution is 0.165. The Labute approximate surface area is 94.8 Å². The van der Waals surface area contributed by atoms with E-state index in [2.05, 4.69) is 12.1 Å². The van der Waals surface area contributed by atoms with E-state index < -0.39 is 0 Å². The second kappa shape index (κ2) is 7.16. The monoisotopic (exact) mass is 230 g/mol. The van der Waals surface area contributed by atoms with Crippen LogP contribution in [0.25, 0.3) is 0 Å². The topological polar surface area (TPSA) is 9.23 Å². The fraction of sp³-hybridized carbons (Fsp3) is 0.455. The molecule has 0 spiro atoms. The first-order valence-electron chi connectivity index (χ1n) is 4.67. The van der Waals surface area contributed by atoms with Gasteiger partial charge < -0.3 is 4.74 Å². The minimum absolute atomic E-state index is 0.219. The minimum atomic E-state index is 0.219. The number of hydrogen-bond acceptors (Lipinski definition) is 2. The lowest BCUT2D eigenvalue weighted by atomic mass is 10.3. The second-order valence-electron chi connectivity index (χ2n) is 2.93. The molecule has 78 valence electrons. The van der Waals surface area contributed by atoms with Gasteiger partial charge in [-0.25, -0.2) is 0 Å². The molecule has 0 saturated carbocycles. The number of thioether (sulfide) groups is 1. The van der Waals surface area contributed by atoms with Crippen molar-refractivity contribution in [2.24, 2.45) is 0 Å². The Morgan fingerprint density at radius 1 is 1.36 bits per heavy atom. The van der Waals surface area contributed by atoms with Gasteiger partial charge in [0.25, 0.3) is 0 Å². The Hall–Kier alpha value is -0.180. The number of benzene rings is 1. The third-order valence-electron chi connectivity index (χ3n) is 1.85. The van der Waals surface area contributed by atoms with Gasteiger partial charge in [0.2, 0.25) is 0 Å². The van der Waals surface area contributed by atoms with Crippen LogP contribution in [0.1, 0.15) is 12.8 Å². The zero-order valence-electron chi connectivity index (χ0n) is 8.28. The van der Waals surface area contributed by atoms with E-state index in [4.69, 9.17) is 16.3 Å². The lowest BCUT2D eigenvalue weighted by Gasteiger charge is -2.13. The first kappa shape index (κ1) is 11.9. The largest absolute Gasteiger partial charge is 0.370 e. The Kier molecular flexibility index (Phi) is 6.08. The van der Waals surface area contributed by atoms with Crippen LogP contribution in [0.2, 0.25) is 0 Å². The molecule has 0 amide bonds. The zero-order chi connectivity index (χ0) is 10.2. The van der Waals surface area contributed by atoms with Crippen LogP contribution >= 0.6 is 23.4 Å². The van der Waals surface area contributed by atoms with Gasteiger partial charge in [-0.2, -0.15) is 0 Å². The highest BCUT2D eigenvalue weighted by atomic mass is 35.5. The van der Waals surface area contributed by atoms with Gasteiger partial charge in [-0.05, 0) is 25.0 Å². The summed E-state index contributed by atoms with van der Waals surface area (Å²) in [6.07, 6.45) is 2.00. The van der Waals surface area contributed by atoms with Crippen molar-refractivity contribution < 1.29 is 4.74 Å². The SMILES string of the molecule is COC(CCCCl)Sc1ccccc1. The Bertz CT molecular complexity index is 240. The van der Waals surface area contributed by atoms with Gasteiger partial charge in [0.05, 0.1) is 0 Å². The second-order valence-corrected chi connectivity index (χ2v) is 4.54. The first-order valence-corrected chi connectivity index (χ1v) is 6.08. The summed E-state index contributed by atoms with van der Waals surface area (Å²) in [5, 5.41) is 0. The molecule has 0 aliphatic rings. The summed E-state index contributed by atoms with van der Waals surface area (Å²) >= 11 is 7.39. The van der Waals surface area contributed by atoms with Crippen molar-refractivity contribution in [2.75, 3.05) is 13.0 Å². The average Bonchev–Trinajstić information content (AvgIpc) is 2.25. The number of rotatable bonds is 6. The molecule has 1 nitrogen and oxygen atoms in total. The van der Waals surface area contributed by atoms with Gasteiger partial charge in [0, 0.05) is 17.9 Å². The number of methoxy groups -OCH3 is 1. The van der Waals surface area contributed by atoms with Crippen LogP contribution in [-0.4, -0.2) is 18.4 Å². The highest BCUT2D eigenvalue weighted by molar-refractivity contribution is 7.99. The number of hydrogen-bond donors (Lipinski definition) is 0. The number of alkyl halides is 1. The lowest BCUT2D eigenvalue weighted by Crippen LogP contribution is -2.05. The van der Waals surface area contributed by atoms with E-state index in [1.54, 1.807) is 18.9 Å². The van der Waals surface area contributed by atoms with Crippen molar-refractivity contribution in [2.45, 2.75) is 23.2 Å². The van der Waals surface area contributed by atoms with E-state index in [1.807, 2.05) is 18.2 Å². The van der Waals surface area contributed by atoms with Gasteiger partial charge in [0.1, 0.15) is 5.44 Å². The maximum absolute atomic E-state index is 5.64. The van der Waals surface area contributed by atoms with Crippen molar-refractivity contribution in [1.29, 1.82) is 0 Å². The molecule has 0 N–H and O–H groups in total. The first-order chi connectivity index (χ1) is 6.86. The van der Waals surface area contributed by atoms with Crippen molar-refractivity contribution >= 4 is 23.4 Å². The maximum atomic E-state index is 5.64. The Morgan fingerprint density at radius 2 is 2.07 bits per heavy atom. The van der Waals surface area contributed by atoms with Crippen LogP contribution in [0.3, 0.4) is 0 Å². The zero-order valence-corrected chi connectivity index (χ0v) is 9.85. The normalized spacial score (nSPS) is 12.7. The molecular weight excluding hydrogens is 216 g/mol. The Morgan fingerprint density at radius 3 is 2.64 bits per heavy atom. The fourth-order valence-electron chi connectivity index (χ4n) is 1.12. The fourth-order valence-corrected chi connectivity index (χ4v) is 2.27. The molecule has 0 saturated heterocycles. The quantitative estimate of drug-likeness (QED) is 0.418. The van der Waals surface area contributed by atoms with E-state index in [-0.39, 0.29) is 5.44 Å². The van der Waals surface area contributed by atoms with Crippen LogP contribution in [0, 0.1) is 0 Å². The van der Waals surface area contributed by atoms with Gasteiger partial charge in [0.15, 0.2) is 0 Å². The molecule has 1 unspecified atom stereocenters. The van der Waals surface area contributed by atoms with Crippen LogP contribution in [-0.2, 0) is 4.74 Å². The third-order valence-corrected chi connectivity index (χ3v) is 3.35. The summed E-state index contributed by atoms with van der Waals surface area (Å²) < 4.78 is 5.36. The summed E-state index contributed by atoms with van der Waals surface area (Å²) in [7, 11) is 1.74. The molecule has 0 bridgehead atoms. The molecule has 3 heteroatoms. The summed E-state index contributed by atoms with van der Waals surface area (Å²) in [4.78, 5) is 1.24. The van der Waals surface area contributed by atoms with Crippen LogP contribution in [0.15, 0.2) is 35.2 Å². The molecule has 1 aromatic carbocycles. The Balaban J connectivity index is 2.40. The van der Waals surface area contributed by atoms with E-state index in [9.17, 15) is 0 Å². The minimum Gasteiger partial charge on any atom is -0.370 e. The molecule has 0 aliphatic carbocycles. The smallest absolute Gasteiger partial charge is 0.107 e. The molecule has 1 atom stereocenters. The molecule has 1 rings (SSSR count). The van der Waals surface area contributed by atoms with Crippen LogP contribution in [0.4, 0.5) is 0 Å². The van der Waals surface area contributed by atoms with E-state index >= 15 is 0 Å². The summed E-state index contributed by atoms with van der Waals surface area (Å²) in [6.45, 7) is 0. The van der Waals surface area contributed by atoms with Crippen LogP contribution in [0.5, 0.6) is 0 Å². The molecule has 1 aromatic rings. The van der Waals surface area contributed by atoms with Gasteiger partial charge in [-0.3, -0.25) is 0 Å². The van der Waals surface area contributed by atoms with E-state index in [0.29, 0.717) is 5.88 Å². The van der Waals surface area contributed by atoms with Gasteiger partial charge in [-0.15, -0.1) is 11.6 Å². The third kappa shape index (κ3) is 4.36. The van der Waals surface area contributed by atoms with Crippen molar-refractivity contribution in [1.82, 2.24) is 0 Å². The van der Waals surface area contributed by atoms with Crippen molar-refractivity contribution in [3.63, 3.8) is 0 Å². The standard InChI is InChI=1S/C11H15ClOS/c1-13-11(8-5-9-12)14-10-6-3-2-4-7-10/h2-4,6-7,11H,5,8-9H2,1H3. The van der Waals surface area contributed by atoms with Gasteiger partial charge in [-0.1, -0.05) is 30.0 Å². The van der Waals surface area contributed by atoms with E-state index in [0.717, 1.165) is 12.8 Å². The molecule has 0 radical (unpaired) electrons. The van der Waals surface area contributed by atoms with Crippen molar-refractivity contribution in [3.8, 4) is 0 Å². The molecule has 0 aliphatic heterocycles. The summed E-state index contributed by atoms with van der Waals surface area (Å²) in [5.74, 6) is 0.704. The highest BCUT2D eigenvalue weighted by Crippen LogP contribution is 2.26. The number of ether oxygens (including phenoxy) is 1. The average molecular weight is 231 g/mol. The summed E-state index contributed by atoms with van der Waals surface area (Å²) in [6, 6.07) is 10.3. The maximum Gasteiger partial charge on any atom is 0.107 e. The molecular formula is C11H15ClOS. The predicted octanol–water partition coefficient (Wildman–Crippen LogP) is 3.77. The highest BCUT2D eigenvalue weighted by Gasteiger charge is 2.07. The van der Waals surface area contributed by atoms with Crippen molar-refractivity contribution in [3.05, 3.63) is 30.3 Å².